The predicted octanol–water partition coefficient (Wildman–Crippen LogP) is 1.61. The molecule has 1 fully saturated rings. The molecule has 42 heavy (non-hydrogen) atoms. The quantitative estimate of drug-likeness (QED) is 0.114. The third-order valence-electron chi connectivity index (χ3n) is 6.32. The lowest BCUT2D eigenvalue weighted by Crippen LogP contribution is -2.34. The molecule has 16 nitrogen and oxygen atoms in total. The molecular formula is C26H27N5O11. The lowest BCUT2D eigenvalue weighted by molar-refractivity contribution is -0.591. The number of nitrogens with one attached hydrogen (secondary N) is 2. The SMILES string of the molecule is CC(=O)OC1C[C@H](n2cc(C)c(=O)[nH]c2=O)O[C@@H]1COC(=O)OCC(Nc1cc([N+](=O)[O-])cc[n+]1[O-])c1ccccc1. The largest absolute Gasteiger partial charge is 0.711 e. The van der Waals surface area contributed by atoms with E-state index in [1.54, 1.807) is 30.3 Å². The van der Waals surface area contributed by atoms with Gasteiger partial charge in [0.15, 0.2) is 6.04 Å². The van der Waals surface area contributed by atoms with Crippen molar-refractivity contribution in [1.82, 2.24) is 9.55 Å². The number of aromatic nitrogens is 3. The van der Waals surface area contributed by atoms with E-state index in [1.165, 1.54) is 20.0 Å². The summed E-state index contributed by atoms with van der Waals surface area (Å²) in [6, 6.07) is 9.92. The van der Waals surface area contributed by atoms with Gasteiger partial charge in [-0.1, -0.05) is 30.3 Å². The fourth-order valence-electron chi connectivity index (χ4n) is 4.28. The van der Waals surface area contributed by atoms with Crippen molar-refractivity contribution >= 4 is 23.6 Å². The predicted molar refractivity (Wildman–Crippen MR) is 142 cm³/mol. The molecule has 0 amide bonds. The van der Waals surface area contributed by atoms with E-state index < -0.39 is 59.4 Å². The van der Waals surface area contributed by atoms with E-state index in [2.05, 4.69) is 10.3 Å². The van der Waals surface area contributed by atoms with Crippen molar-refractivity contribution in [1.29, 1.82) is 0 Å². The first-order valence-corrected chi connectivity index (χ1v) is 12.6. The molecule has 1 saturated heterocycles. The van der Waals surface area contributed by atoms with Crippen LogP contribution in [-0.2, 0) is 23.7 Å². The first-order valence-electron chi connectivity index (χ1n) is 12.6. The second-order valence-electron chi connectivity index (χ2n) is 9.32. The van der Waals surface area contributed by atoms with Gasteiger partial charge in [-0.15, -0.1) is 0 Å². The van der Waals surface area contributed by atoms with Gasteiger partial charge in [0, 0.05) is 25.1 Å². The van der Waals surface area contributed by atoms with E-state index in [1.807, 2.05) is 0 Å². The van der Waals surface area contributed by atoms with Crippen molar-refractivity contribution in [3.05, 3.63) is 102 Å². The van der Waals surface area contributed by atoms with Crippen molar-refractivity contribution in [2.24, 2.45) is 0 Å². The van der Waals surface area contributed by atoms with Gasteiger partial charge in [-0.25, -0.2) is 14.3 Å². The fourth-order valence-corrected chi connectivity index (χ4v) is 4.28. The van der Waals surface area contributed by atoms with Crippen molar-refractivity contribution in [2.45, 2.75) is 44.7 Å². The Bertz CT molecular complexity index is 1570. The molecule has 4 rings (SSSR count). The molecule has 222 valence electrons. The number of benzene rings is 1. The highest BCUT2D eigenvalue weighted by Crippen LogP contribution is 2.30. The number of pyridine rings is 1. The molecule has 0 bridgehead atoms. The molecule has 1 aliphatic heterocycles. The minimum atomic E-state index is -1.11. The average molecular weight is 586 g/mol. The Morgan fingerprint density at radius 2 is 1.98 bits per heavy atom. The Morgan fingerprint density at radius 1 is 1.24 bits per heavy atom. The first-order chi connectivity index (χ1) is 20.0. The van der Waals surface area contributed by atoms with Crippen LogP contribution in [0.2, 0.25) is 0 Å². The topological polar surface area (TPSA) is 208 Å². The number of H-pyrrole nitrogens is 1. The lowest BCUT2D eigenvalue weighted by Gasteiger charge is -2.19. The number of carbonyl (C=O) groups excluding carboxylic acids is 2. The number of nitro groups is 1. The smallest absolute Gasteiger partial charge is 0.508 e. The maximum Gasteiger partial charge on any atom is 0.508 e. The van der Waals surface area contributed by atoms with E-state index in [4.69, 9.17) is 18.9 Å². The number of anilines is 1. The minimum absolute atomic E-state index is 0.0481. The zero-order chi connectivity index (χ0) is 30.4. The Balaban J connectivity index is 1.42. The van der Waals surface area contributed by atoms with Crippen molar-refractivity contribution < 1.29 is 38.2 Å². The third kappa shape index (κ3) is 7.28. The van der Waals surface area contributed by atoms with Gasteiger partial charge >= 0.3 is 17.8 Å². The summed E-state index contributed by atoms with van der Waals surface area (Å²) in [5, 5.41) is 26.3. The molecule has 2 aromatic heterocycles. The highest BCUT2D eigenvalue weighted by atomic mass is 16.7. The van der Waals surface area contributed by atoms with Gasteiger partial charge in [-0.05, 0) is 12.5 Å². The monoisotopic (exact) mass is 585 g/mol. The van der Waals surface area contributed by atoms with Crippen molar-refractivity contribution in [3.63, 3.8) is 0 Å². The molecule has 1 aliphatic rings. The molecule has 2 unspecified atom stereocenters. The van der Waals surface area contributed by atoms with E-state index in [-0.39, 0.29) is 30.1 Å². The molecule has 0 aliphatic carbocycles. The second kappa shape index (κ2) is 12.9. The van der Waals surface area contributed by atoms with Crippen LogP contribution in [0.25, 0.3) is 0 Å². The van der Waals surface area contributed by atoms with E-state index in [9.17, 15) is 34.5 Å². The van der Waals surface area contributed by atoms with Gasteiger partial charge in [0.2, 0.25) is 0 Å². The molecule has 0 spiro atoms. The number of hydrogen-bond donors (Lipinski definition) is 2. The number of hydrogen-bond acceptors (Lipinski definition) is 12. The maximum atomic E-state index is 12.5. The van der Waals surface area contributed by atoms with E-state index in [0.717, 1.165) is 22.9 Å². The van der Waals surface area contributed by atoms with Crippen LogP contribution >= 0.6 is 0 Å². The number of aromatic amines is 1. The third-order valence-corrected chi connectivity index (χ3v) is 6.32. The van der Waals surface area contributed by atoms with Gasteiger partial charge in [0.05, 0.1) is 11.0 Å². The maximum absolute atomic E-state index is 12.5. The highest BCUT2D eigenvalue weighted by molar-refractivity contribution is 5.66. The Kier molecular flexibility index (Phi) is 9.16. The molecule has 3 heterocycles. The van der Waals surface area contributed by atoms with Crippen LogP contribution in [0.4, 0.5) is 16.3 Å². The fraction of sp³-hybridized carbons (Fsp3) is 0.346. The normalized spacial score (nSPS) is 18.6. The van der Waals surface area contributed by atoms with Gasteiger partial charge < -0.3 is 24.2 Å². The summed E-state index contributed by atoms with van der Waals surface area (Å²) in [6.07, 6.45) is -1.52. The van der Waals surface area contributed by atoms with Crippen LogP contribution in [0.1, 0.15) is 36.7 Å². The van der Waals surface area contributed by atoms with Gasteiger partial charge in [-0.2, -0.15) is 0 Å². The number of carbonyl (C=O) groups is 2. The Morgan fingerprint density at radius 3 is 2.67 bits per heavy atom. The molecule has 1 aromatic carbocycles. The standard InChI is InChI=1S/C26H27N5O11/c1-15-12-29(25(34)28-24(15)33)23-11-20(41-16(2)32)21(42-23)14-40-26(35)39-13-19(17-6-4-3-5-7-17)27-22-10-18(31(37)38)8-9-30(22)36/h3-10,12,19-21,23,27H,11,13-14H2,1-2H3,(H,28,33,34)/t19?,20?,21-,23-/m1/s1. The first kappa shape index (κ1) is 29.7. The zero-order valence-electron chi connectivity index (χ0n) is 22.5. The number of esters is 1. The number of nitrogens with zero attached hydrogens (tertiary/aromatic N) is 3. The van der Waals surface area contributed by atoms with E-state index in [0.29, 0.717) is 10.3 Å². The molecule has 2 N–H and O–H groups in total. The Labute approximate surface area is 237 Å². The number of rotatable bonds is 10. The second-order valence-corrected chi connectivity index (χ2v) is 9.32. The zero-order valence-corrected chi connectivity index (χ0v) is 22.5. The average Bonchev–Trinajstić information content (AvgIpc) is 3.34. The van der Waals surface area contributed by atoms with Gasteiger partial charge in [-0.3, -0.25) is 34.6 Å². The summed E-state index contributed by atoms with van der Waals surface area (Å²) in [7, 11) is 0. The summed E-state index contributed by atoms with van der Waals surface area (Å²) < 4.78 is 23.1. The van der Waals surface area contributed by atoms with Crippen LogP contribution in [-0.4, -0.2) is 52.0 Å². The highest BCUT2D eigenvalue weighted by Gasteiger charge is 2.40. The summed E-state index contributed by atoms with van der Waals surface area (Å²) >= 11 is 0. The molecular weight excluding hydrogens is 558 g/mol. The molecule has 4 atom stereocenters. The van der Waals surface area contributed by atoms with E-state index >= 15 is 0 Å². The minimum Gasteiger partial charge on any atom is -0.711 e. The van der Waals surface area contributed by atoms with Crippen LogP contribution in [0, 0.1) is 22.2 Å². The summed E-state index contributed by atoms with van der Waals surface area (Å²) in [5.74, 6) is -0.757. The molecule has 0 saturated carbocycles. The molecule has 16 heteroatoms. The lowest BCUT2D eigenvalue weighted by atomic mass is 10.1. The van der Waals surface area contributed by atoms with Crippen LogP contribution in [0.3, 0.4) is 0 Å². The van der Waals surface area contributed by atoms with Crippen LogP contribution < -0.4 is 21.3 Å². The van der Waals surface area contributed by atoms with Crippen molar-refractivity contribution in [3.8, 4) is 0 Å². The molecule has 0 radical (unpaired) electrons. The summed E-state index contributed by atoms with van der Waals surface area (Å²) in [6.45, 7) is 1.97. The van der Waals surface area contributed by atoms with Crippen LogP contribution in [0.15, 0.2) is 64.4 Å². The van der Waals surface area contributed by atoms with Crippen LogP contribution in [0.5, 0.6) is 0 Å². The number of aryl methyl sites for hydroxylation is 1. The summed E-state index contributed by atoms with van der Waals surface area (Å²) in [5.41, 5.74) is -0.712. The number of ether oxygens (including phenoxy) is 4. The van der Waals surface area contributed by atoms with Gasteiger partial charge in [0.25, 0.3) is 17.1 Å². The molecule has 3 aromatic rings. The van der Waals surface area contributed by atoms with Gasteiger partial charge in [0.1, 0.15) is 43.9 Å². The summed E-state index contributed by atoms with van der Waals surface area (Å²) in [4.78, 5) is 60.9. The Hall–Kier alpha value is -5.25. The van der Waals surface area contributed by atoms with Crippen molar-refractivity contribution in [2.75, 3.05) is 18.5 Å².